The molecule has 0 aliphatic carbocycles. The minimum Gasteiger partial charge on any atom is -0.461 e. The summed E-state index contributed by atoms with van der Waals surface area (Å²) in [5.41, 5.74) is 5.87. The quantitative estimate of drug-likeness (QED) is 0.839. The van der Waals surface area contributed by atoms with Crippen molar-refractivity contribution in [3.8, 4) is 5.75 Å². The number of ether oxygens (including phenoxy) is 1. The molecule has 2 rings (SSSR count). The Morgan fingerprint density at radius 1 is 1.44 bits per heavy atom. The van der Waals surface area contributed by atoms with E-state index in [-0.39, 0.29) is 11.3 Å². The van der Waals surface area contributed by atoms with Crippen LogP contribution in [0.1, 0.15) is 10.4 Å². The van der Waals surface area contributed by atoms with Gasteiger partial charge < -0.3 is 10.5 Å². The third kappa shape index (κ3) is 1.77. The summed E-state index contributed by atoms with van der Waals surface area (Å²) in [5.74, 6) is -0.368. The first-order valence-corrected chi connectivity index (χ1v) is 4.44. The van der Waals surface area contributed by atoms with Gasteiger partial charge >= 0.3 is 0 Å². The van der Waals surface area contributed by atoms with Crippen molar-refractivity contribution in [3.05, 3.63) is 30.2 Å². The van der Waals surface area contributed by atoms with E-state index in [1.807, 2.05) is 0 Å². The molecule has 0 saturated heterocycles. The van der Waals surface area contributed by atoms with Gasteiger partial charge in [0.25, 0.3) is 0 Å². The van der Waals surface area contributed by atoms with Gasteiger partial charge in [0.15, 0.2) is 5.75 Å². The number of hydrogen-bond acceptors (Lipinski definition) is 4. The zero-order valence-electron chi connectivity index (χ0n) is 8.18. The number of nitrogens with zero attached hydrogens (tertiary/aromatic N) is 2. The minimum atomic E-state index is -0.971. The van der Waals surface area contributed by atoms with E-state index in [0.717, 1.165) is 0 Å². The fourth-order valence-electron chi connectivity index (χ4n) is 1.33. The largest absolute Gasteiger partial charge is 0.461 e. The first-order chi connectivity index (χ1) is 7.72. The lowest BCUT2D eigenvalue weighted by Gasteiger charge is -2.05. The van der Waals surface area contributed by atoms with E-state index in [9.17, 15) is 9.18 Å². The molecule has 0 fully saturated rings. The molecule has 82 valence electrons. The highest BCUT2D eigenvalue weighted by atomic mass is 19.1. The fourth-order valence-corrected chi connectivity index (χ4v) is 1.33. The molecule has 0 bridgehead atoms. The molecule has 0 spiro atoms. The van der Waals surface area contributed by atoms with Crippen LogP contribution in [0.2, 0.25) is 0 Å². The van der Waals surface area contributed by atoms with Crippen LogP contribution in [0, 0.1) is 0 Å². The van der Waals surface area contributed by atoms with Crippen molar-refractivity contribution < 1.29 is 13.9 Å². The van der Waals surface area contributed by atoms with Gasteiger partial charge in [-0.1, -0.05) is 0 Å². The first-order valence-electron chi connectivity index (χ1n) is 4.44. The Bertz CT molecular complexity index is 545. The van der Waals surface area contributed by atoms with Crippen LogP contribution in [0.25, 0.3) is 10.9 Å². The van der Waals surface area contributed by atoms with Crippen LogP contribution in [-0.2, 0) is 0 Å². The van der Waals surface area contributed by atoms with Gasteiger partial charge in [0.2, 0.25) is 12.8 Å². The SMILES string of the molecule is NC(=O)c1cnc2cncc(OCF)c2c1. The monoisotopic (exact) mass is 221 g/mol. The Hall–Kier alpha value is -2.24. The molecule has 2 aromatic rings. The summed E-state index contributed by atoms with van der Waals surface area (Å²) in [6.45, 7) is -0.971. The third-order valence-electron chi connectivity index (χ3n) is 2.07. The molecule has 0 unspecified atom stereocenters. The van der Waals surface area contributed by atoms with Gasteiger partial charge in [-0.25, -0.2) is 4.39 Å². The molecule has 0 aliphatic rings. The number of nitrogens with two attached hydrogens (primary N) is 1. The Kier molecular flexibility index (Phi) is 2.63. The van der Waals surface area contributed by atoms with Crippen LogP contribution < -0.4 is 10.5 Å². The zero-order chi connectivity index (χ0) is 11.5. The number of carbonyl (C=O) groups excluding carboxylic acids is 1. The molecule has 0 saturated carbocycles. The zero-order valence-corrected chi connectivity index (χ0v) is 8.18. The average Bonchev–Trinajstić information content (AvgIpc) is 2.29. The van der Waals surface area contributed by atoms with Crippen molar-refractivity contribution in [1.29, 1.82) is 0 Å². The Labute approximate surface area is 90.1 Å². The lowest BCUT2D eigenvalue weighted by atomic mass is 10.2. The smallest absolute Gasteiger partial charge is 0.250 e. The molecule has 2 aromatic heterocycles. The van der Waals surface area contributed by atoms with E-state index in [2.05, 4.69) is 9.97 Å². The van der Waals surface area contributed by atoms with Crippen LogP contribution in [-0.4, -0.2) is 22.7 Å². The van der Waals surface area contributed by atoms with Crippen LogP contribution in [0.5, 0.6) is 5.75 Å². The number of carbonyl (C=O) groups is 1. The summed E-state index contributed by atoms with van der Waals surface area (Å²) >= 11 is 0. The van der Waals surface area contributed by atoms with Gasteiger partial charge in [0.05, 0.1) is 23.5 Å². The Balaban J connectivity index is 2.63. The van der Waals surface area contributed by atoms with Crippen LogP contribution in [0.4, 0.5) is 4.39 Å². The molecular weight excluding hydrogens is 213 g/mol. The number of hydrogen-bond donors (Lipinski definition) is 1. The lowest BCUT2D eigenvalue weighted by molar-refractivity contribution is 0.1000. The number of amides is 1. The van der Waals surface area contributed by atoms with E-state index in [1.54, 1.807) is 0 Å². The van der Waals surface area contributed by atoms with Gasteiger partial charge in [0, 0.05) is 11.6 Å². The fraction of sp³-hybridized carbons (Fsp3) is 0.100. The summed E-state index contributed by atoms with van der Waals surface area (Å²) < 4.78 is 16.8. The van der Waals surface area contributed by atoms with Crippen molar-refractivity contribution >= 4 is 16.8 Å². The maximum atomic E-state index is 12.1. The second-order valence-electron chi connectivity index (χ2n) is 3.05. The molecule has 1 amide bonds. The highest BCUT2D eigenvalue weighted by Gasteiger charge is 2.07. The number of fused-ring (bicyclic) bond motifs is 1. The predicted octanol–water partition coefficient (Wildman–Crippen LogP) is 1.03. The highest BCUT2D eigenvalue weighted by Crippen LogP contribution is 2.23. The number of rotatable bonds is 3. The van der Waals surface area contributed by atoms with E-state index in [4.69, 9.17) is 10.5 Å². The third-order valence-corrected chi connectivity index (χ3v) is 2.07. The molecule has 16 heavy (non-hydrogen) atoms. The van der Waals surface area contributed by atoms with Gasteiger partial charge in [0.1, 0.15) is 0 Å². The van der Waals surface area contributed by atoms with Crippen LogP contribution in [0.3, 0.4) is 0 Å². The molecule has 0 atom stereocenters. The Morgan fingerprint density at radius 3 is 2.94 bits per heavy atom. The van der Waals surface area contributed by atoms with Crippen LogP contribution in [0.15, 0.2) is 24.7 Å². The normalized spacial score (nSPS) is 10.3. The highest BCUT2D eigenvalue weighted by molar-refractivity contribution is 5.97. The summed E-state index contributed by atoms with van der Waals surface area (Å²) in [6.07, 6.45) is 4.19. The summed E-state index contributed by atoms with van der Waals surface area (Å²) in [5, 5.41) is 0.504. The maximum absolute atomic E-state index is 12.1. The van der Waals surface area contributed by atoms with Crippen LogP contribution >= 0.6 is 0 Å². The topological polar surface area (TPSA) is 78.1 Å². The molecular formula is C10H8FN3O2. The Morgan fingerprint density at radius 2 is 2.25 bits per heavy atom. The van der Waals surface area contributed by atoms with Gasteiger partial charge in [-0.2, -0.15) is 0 Å². The number of aromatic nitrogens is 2. The molecule has 0 aromatic carbocycles. The van der Waals surface area contributed by atoms with Crippen molar-refractivity contribution in [3.63, 3.8) is 0 Å². The summed E-state index contributed by atoms with van der Waals surface area (Å²) in [7, 11) is 0. The molecule has 0 radical (unpaired) electrons. The second kappa shape index (κ2) is 4.09. The molecule has 0 aliphatic heterocycles. The van der Waals surface area contributed by atoms with Crippen molar-refractivity contribution in [2.45, 2.75) is 0 Å². The van der Waals surface area contributed by atoms with E-state index >= 15 is 0 Å². The standard InChI is InChI=1S/C10H8FN3O2/c11-5-16-9-4-13-3-8-7(9)1-6(2-14-8)10(12)15/h1-4H,5H2,(H2,12,15). The first kappa shape index (κ1) is 10.3. The average molecular weight is 221 g/mol. The molecule has 2 N–H and O–H groups in total. The van der Waals surface area contributed by atoms with E-state index < -0.39 is 12.8 Å². The molecule has 2 heterocycles. The maximum Gasteiger partial charge on any atom is 0.250 e. The van der Waals surface area contributed by atoms with E-state index in [1.165, 1.54) is 24.7 Å². The number of alkyl halides is 1. The van der Waals surface area contributed by atoms with Gasteiger partial charge in [-0.05, 0) is 6.07 Å². The number of primary amides is 1. The van der Waals surface area contributed by atoms with E-state index in [0.29, 0.717) is 10.9 Å². The summed E-state index contributed by atoms with van der Waals surface area (Å²) in [6, 6.07) is 1.50. The number of pyridine rings is 2. The second-order valence-corrected chi connectivity index (χ2v) is 3.05. The minimum absolute atomic E-state index is 0.232. The van der Waals surface area contributed by atoms with Gasteiger partial charge in [-0.3, -0.25) is 14.8 Å². The van der Waals surface area contributed by atoms with Crippen molar-refractivity contribution in [2.75, 3.05) is 6.86 Å². The molecule has 5 nitrogen and oxygen atoms in total. The lowest BCUT2D eigenvalue weighted by Crippen LogP contribution is -2.11. The summed E-state index contributed by atoms with van der Waals surface area (Å²) in [4.78, 5) is 18.8. The van der Waals surface area contributed by atoms with Gasteiger partial charge in [-0.15, -0.1) is 0 Å². The number of halogens is 1. The predicted molar refractivity (Wildman–Crippen MR) is 54.7 cm³/mol. The molecule has 6 heteroatoms. The van der Waals surface area contributed by atoms with Crippen molar-refractivity contribution in [1.82, 2.24) is 9.97 Å². The van der Waals surface area contributed by atoms with Crippen molar-refractivity contribution in [2.24, 2.45) is 5.73 Å².